The molecule has 18 heavy (non-hydrogen) atoms. The molecule has 5 nitrogen and oxygen atoms in total. The molecule has 0 aliphatic rings. The third-order valence-corrected chi connectivity index (χ3v) is 3.44. The molecule has 1 aromatic rings. The monoisotopic (exact) mass is 271 g/mol. The second kappa shape index (κ2) is 8.97. The lowest BCUT2D eigenvalue weighted by atomic mass is 10.1. The molecule has 0 fully saturated rings. The largest absolute Gasteiger partial charge is 0.481 e. The van der Waals surface area contributed by atoms with Crippen molar-refractivity contribution in [3.8, 4) is 0 Å². The highest BCUT2D eigenvalue weighted by molar-refractivity contribution is 7.99. The van der Waals surface area contributed by atoms with E-state index in [0.29, 0.717) is 5.16 Å². The molecule has 0 aliphatic heterocycles. The first kappa shape index (κ1) is 15.0. The highest BCUT2D eigenvalue weighted by Gasteiger charge is 2.06. The van der Waals surface area contributed by atoms with E-state index in [9.17, 15) is 4.79 Å². The molecule has 6 heteroatoms. The fraction of sp³-hybridized carbons (Fsp3) is 0.750. The maximum Gasteiger partial charge on any atom is 0.313 e. The van der Waals surface area contributed by atoms with Crippen molar-refractivity contribution in [1.82, 2.24) is 15.2 Å². The van der Waals surface area contributed by atoms with Gasteiger partial charge in [-0.05, 0) is 6.42 Å². The highest BCUT2D eigenvalue weighted by Crippen LogP contribution is 2.13. The number of unbranched alkanes of at least 4 members (excludes halogenated alkanes) is 5. The Balaban J connectivity index is 2.13. The number of carboxylic acid groups (broad SMARTS) is 1. The minimum atomic E-state index is -0.845. The fourth-order valence-electron chi connectivity index (χ4n) is 1.65. The molecule has 2 N–H and O–H groups in total. The van der Waals surface area contributed by atoms with Crippen LogP contribution in [0.3, 0.4) is 0 Å². The minimum absolute atomic E-state index is 0.00825. The van der Waals surface area contributed by atoms with Gasteiger partial charge in [-0.15, -0.1) is 5.10 Å². The van der Waals surface area contributed by atoms with Gasteiger partial charge in [-0.25, -0.2) is 4.98 Å². The summed E-state index contributed by atoms with van der Waals surface area (Å²) in [7, 11) is 0. The predicted molar refractivity (Wildman–Crippen MR) is 71.8 cm³/mol. The van der Waals surface area contributed by atoms with Gasteiger partial charge in [0.05, 0.1) is 5.75 Å². The average molecular weight is 271 g/mol. The highest BCUT2D eigenvalue weighted by atomic mass is 32.2. The van der Waals surface area contributed by atoms with Crippen LogP contribution in [0, 0.1) is 0 Å². The van der Waals surface area contributed by atoms with Crippen molar-refractivity contribution in [2.24, 2.45) is 0 Å². The van der Waals surface area contributed by atoms with Crippen molar-refractivity contribution in [2.45, 2.75) is 57.0 Å². The summed E-state index contributed by atoms with van der Waals surface area (Å²) in [6.07, 6.45) is 8.41. The van der Waals surface area contributed by atoms with Crippen LogP contribution in [-0.4, -0.2) is 32.0 Å². The van der Waals surface area contributed by atoms with Crippen LogP contribution in [0.15, 0.2) is 5.16 Å². The van der Waals surface area contributed by atoms with Crippen molar-refractivity contribution >= 4 is 17.7 Å². The molecule has 1 rings (SSSR count). The van der Waals surface area contributed by atoms with E-state index in [1.54, 1.807) is 0 Å². The number of thioether (sulfide) groups is 1. The molecule has 0 amide bonds. The predicted octanol–water partition coefficient (Wildman–Crippen LogP) is 2.88. The van der Waals surface area contributed by atoms with E-state index in [1.807, 2.05) is 0 Å². The molecule has 0 aliphatic carbocycles. The second-order valence-electron chi connectivity index (χ2n) is 4.26. The van der Waals surface area contributed by atoms with Crippen LogP contribution in [0.4, 0.5) is 0 Å². The third-order valence-electron chi connectivity index (χ3n) is 2.60. The molecule has 0 radical (unpaired) electrons. The molecule has 0 unspecified atom stereocenters. The van der Waals surface area contributed by atoms with Crippen LogP contribution < -0.4 is 0 Å². The van der Waals surface area contributed by atoms with Crippen LogP contribution in [0.1, 0.15) is 51.3 Å². The number of nitrogens with zero attached hydrogens (tertiary/aromatic N) is 2. The minimum Gasteiger partial charge on any atom is -0.481 e. The van der Waals surface area contributed by atoms with Crippen molar-refractivity contribution in [1.29, 1.82) is 0 Å². The number of nitrogens with one attached hydrogen (secondary N) is 1. The van der Waals surface area contributed by atoms with E-state index in [4.69, 9.17) is 5.11 Å². The number of carboxylic acids is 1. The van der Waals surface area contributed by atoms with E-state index in [1.165, 1.54) is 32.1 Å². The molecule has 0 aromatic carbocycles. The van der Waals surface area contributed by atoms with Gasteiger partial charge < -0.3 is 5.11 Å². The van der Waals surface area contributed by atoms with E-state index in [-0.39, 0.29) is 5.75 Å². The number of aryl methyl sites for hydroxylation is 1. The molecule has 1 aromatic heterocycles. The standard InChI is InChI=1S/C12H21N3O2S/c1-2-3-4-5-6-7-8-10-13-12(15-14-10)18-9-11(16)17/h2-9H2,1H3,(H,16,17)(H,13,14,15). The second-order valence-corrected chi connectivity index (χ2v) is 5.21. The first-order valence-electron chi connectivity index (χ1n) is 6.48. The Hall–Kier alpha value is -1.04. The van der Waals surface area contributed by atoms with Gasteiger partial charge in [-0.3, -0.25) is 9.89 Å². The number of hydrogen-bond donors (Lipinski definition) is 2. The number of H-pyrrole nitrogens is 1. The van der Waals surface area contributed by atoms with Crippen LogP contribution >= 0.6 is 11.8 Å². The topological polar surface area (TPSA) is 78.9 Å². The van der Waals surface area contributed by atoms with Crippen LogP contribution in [0.2, 0.25) is 0 Å². The Morgan fingerprint density at radius 1 is 1.28 bits per heavy atom. The Morgan fingerprint density at radius 2 is 2.00 bits per heavy atom. The Kier molecular flexibility index (Phi) is 7.48. The SMILES string of the molecule is CCCCCCCCc1nc(SCC(=O)O)n[nH]1. The van der Waals surface area contributed by atoms with Gasteiger partial charge >= 0.3 is 5.97 Å². The van der Waals surface area contributed by atoms with Gasteiger partial charge in [0.2, 0.25) is 5.16 Å². The van der Waals surface area contributed by atoms with Crippen molar-refractivity contribution in [3.63, 3.8) is 0 Å². The van der Waals surface area contributed by atoms with E-state index in [0.717, 1.165) is 30.4 Å². The smallest absolute Gasteiger partial charge is 0.313 e. The lowest BCUT2D eigenvalue weighted by molar-refractivity contribution is -0.133. The summed E-state index contributed by atoms with van der Waals surface area (Å²) < 4.78 is 0. The van der Waals surface area contributed by atoms with Gasteiger partial charge in [-0.2, -0.15) is 0 Å². The lowest BCUT2D eigenvalue weighted by Gasteiger charge is -1.98. The third kappa shape index (κ3) is 6.64. The van der Waals surface area contributed by atoms with E-state index in [2.05, 4.69) is 22.1 Å². The first-order chi connectivity index (χ1) is 8.72. The Morgan fingerprint density at radius 3 is 2.72 bits per heavy atom. The number of rotatable bonds is 10. The van der Waals surface area contributed by atoms with Gasteiger partial charge in [-0.1, -0.05) is 50.8 Å². The average Bonchev–Trinajstić information content (AvgIpc) is 2.79. The molecule has 102 valence electrons. The lowest BCUT2D eigenvalue weighted by Crippen LogP contribution is -1.97. The zero-order chi connectivity index (χ0) is 13.2. The Labute approximate surface area is 112 Å². The molecule has 1 heterocycles. The molecular formula is C12H21N3O2S. The van der Waals surface area contributed by atoms with Crippen molar-refractivity contribution in [3.05, 3.63) is 5.82 Å². The van der Waals surface area contributed by atoms with Crippen LogP contribution in [0.5, 0.6) is 0 Å². The van der Waals surface area contributed by atoms with E-state index >= 15 is 0 Å². The van der Waals surface area contributed by atoms with Gasteiger partial charge in [0, 0.05) is 6.42 Å². The number of aliphatic carboxylic acids is 1. The summed E-state index contributed by atoms with van der Waals surface area (Å²) >= 11 is 1.15. The van der Waals surface area contributed by atoms with Gasteiger partial charge in [0.15, 0.2) is 0 Å². The van der Waals surface area contributed by atoms with E-state index < -0.39 is 5.97 Å². The molecule has 0 spiro atoms. The molecule has 0 saturated carbocycles. The number of carbonyl (C=O) groups is 1. The molecule has 0 atom stereocenters. The summed E-state index contributed by atoms with van der Waals surface area (Å²) in [6.45, 7) is 2.21. The van der Waals surface area contributed by atoms with Crippen LogP contribution in [0.25, 0.3) is 0 Å². The summed E-state index contributed by atoms with van der Waals surface area (Å²) in [5, 5.41) is 15.9. The molecule has 0 bridgehead atoms. The summed E-state index contributed by atoms with van der Waals surface area (Å²) in [4.78, 5) is 14.6. The summed E-state index contributed by atoms with van der Waals surface area (Å²) in [5.41, 5.74) is 0. The normalized spacial score (nSPS) is 10.7. The van der Waals surface area contributed by atoms with Crippen molar-refractivity contribution in [2.75, 3.05) is 5.75 Å². The summed E-state index contributed by atoms with van der Waals surface area (Å²) in [5.74, 6) is 0.0227. The van der Waals surface area contributed by atoms with Crippen LogP contribution in [-0.2, 0) is 11.2 Å². The zero-order valence-electron chi connectivity index (χ0n) is 10.8. The van der Waals surface area contributed by atoms with Gasteiger partial charge in [0.25, 0.3) is 0 Å². The summed E-state index contributed by atoms with van der Waals surface area (Å²) in [6, 6.07) is 0. The molecular weight excluding hydrogens is 250 g/mol. The maximum absolute atomic E-state index is 10.4. The van der Waals surface area contributed by atoms with Crippen molar-refractivity contribution < 1.29 is 9.90 Å². The number of aromatic nitrogens is 3. The fourth-order valence-corrected chi connectivity index (χ4v) is 2.19. The number of hydrogen-bond acceptors (Lipinski definition) is 4. The quantitative estimate of drug-likeness (QED) is 0.505. The van der Waals surface area contributed by atoms with Gasteiger partial charge in [0.1, 0.15) is 5.82 Å². The zero-order valence-corrected chi connectivity index (χ0v) is 11.6. The first-order valence-corrected chi connectivity index (χ1v) is 7.46. The molecule has 0 saturated heterocycles. The maximum atomic E-state index is 10.4. The number of aromatic amines is 1. The Bertz CT molecular complexity index is 355.